The molecule has 0 aromatic carbocycles. The minimum atomic E-state index is -0.165. The highest BCUT2D eigenvalue weighted by molar-refractivity contribution is 5.10. The lowest BCUT2D eigenvalue weighted by atomic mass is 9.93. The lowest BCUT2D eigenvalue weighted by molar-refractivity contribution is 0.163. The maximum absolute atomic E-state index is 9.28. The largest absolute Gasteiger partial charge is 0.393 e. The summed E-state index contributed by atoms with van der Waals surface area (Å²) in [7, 11) is 0. The number of nitrogens with one attached hydrogen (secondary N) is 1. The smallest absolute Gasteiger partial charge is 0.0515 e. The van der Waals surface area contributed by atoms with Gasteiger partial charge in [-0.3, -0.25) is 0 Å². The van der Waals surface area contributed by atoms with Gasteiger partial charge in [0.05, 0.1) is 6.10 Å². The van der Waals surface area contributed by atoms with Crippen LogP contribution in [0.2, 0.25) is 0 Å². The molecule has 2 bridgehead atoms. The second kappa shape index (κ2) is 5.33. The summed E-state index contributed by atoms with van der Waals surface area (Å²) >= 11 is 0. The van der Waals surface area contributed by atoms with Crippen LogP contribution in [0.15, 0.2) is 12.2 Å². The highest BCUT2D eigenvalue weighted by Crippen LogP contribution is 2.42. The number of aliphatic hydroxyl groups is 1. The molecule has 2 heteroatoms. The Bertz CT molecular complexity index is 249. The van der Waals surface area contributed by atoms with Crippen LogP contribution in [0.25, 0.3) is 0 Å². The fraction of sp³-hybridized carbons (Fsp3) is 0.857. The van der Waals surface area contributed by atoms with Crippen molar-refractivity contribution >= 4 is 0 Å². The molecule has 0 amide bonds. The van der Waals surface area contributed by atoms with Crippen molar-refractivity contribution in [3.8, 4) is 0 Å². The molecule has 0 aromatic rings. The van der Waals surface area contributed by atoms with Gasteiger partial charge >= 0.3 is 0 Å². The zero-order valence-corrected chi connectivity index (χ0v) is 10.5. The molecule has 1 fully saturated rings. The molecule has 2 nitrogen and oxygen atoms in total. The maximum atomic E-state index is 9.28. The van der Waals surface area contributed by atoms with E-state index in [0.29, 0.717) is 5.92 Å². The van der Waals surface area contributed by atoms with Crippen molar-refractivity contribution in [3.05, 3.63) is 12.2 Å². The Morgan fingerprint density at radius 3 is 2.69 bits per heavy atom. The van der Waals surface area contributed by atoms with Crippen LogP contribution in [0.4, 0.5) is 0 Å². The summed E-state index contributed by atoms with van der Waals surface area (Å²) in [5, 5.41) is 12.9. The van der Waals surface area contributed by atoms with Gasteiger partial charge in [-0.1, -0.05) is 19.1 Å². The van der Waals surface area contributed by atoms with E-state index >= 15 is 0 Å². The molecule has 0 radical (unpaired) electrons. The lowest BCUT2D eigenvalue weighted by Gasteiger charge is -2.20. The molecule has 0 aliphatic heterocycles. The predicted molar refractivity (Wildman–Crippen MR) is 67.2 cm³/mol. The molecule has 2 N–H and O–H groups in total. The Labute approximate surface area is 99.1 Å². The van der Waals surface area contributed by atoms with Crippen LogP contribution in [-0.2, 0) is 0 Å². The van der Waals surface area contributed by atoms with Gasteiger partial charge in [0.25, 0.3) is 0 Å². The van der Waals surface area contributed by atoms with E-state index in [1.807, 2.05) is 6.92 Å². The Morgan fingerprint density at radius 2 is 2.12 bits per heavy atom. The summed E-state index contributed by atoms with van der Waals surface area (Å²) in [5.41, 5.74) is 0. The fourth-order valence-corrected chi connectivity index (χ4v) is 3.31. The maximum Gasteiger partial charge on any atom is 0.0515 e. The third-order valence-corrected chi connectivity index (χ3v) is 4.06. The summed E-state index contributed by atoms with van der Waals surface area (Å²) in [4.78, 5) is 0. The number of aliphatic hydroxyl groups excluding tert-OH is 1. The zero-order chi connectivity index (χ0) is 11.5. The third-order valence-electron chi connectivity index (χ3n) is 4.06. The Kier molecular flexibility index (Phi) is 4.04. The molecule has 1 saturated carbocycles. The van der Waals surface area contributed by atoms with E-state index in [1.165, 1.54) is 12.8 Å². The van der Waals surface area contributed by atoms with Crippen molar-refractivity contribution in [3.63, 3.8) is 0 Å². The molecule has 2 rings (SSSR count). The highest BCUT2D eigenvalue weighted by atomic mass is 16.3. The molecule has 2 aliphatic carbocycles. The van der Waals surface area contributed by atoms with Crippen LogP contribution in [0.5, 0.6) is 0 Å². The molecule has 0 spiro atoms. The van der Waals surface area contributed by atoms with E-state index in [9.17, 15) is 5.11 Å². The zero-order valence-electron chi connectivity index (χ0n) is 10.5. The van der Waals surface area contributed by atoms with Gasteiger partial charge < -0.3 is 10.4 Å². The molecule has 5 atom stereocenters. The predicted octanol–water partition coefficient (Wildman–Crippen LogP) is 2.20. The minimum absolute atomic E-state index is 0.165. The van der Waals surface area contributed by atoms with Crippen molar-refractivity contribution in [2.75, 3.05) is 13.1 Å². The quantitative estimate of drug-likeness (QED) is 0.677. The molecule has 2 aliphatic rings. The number of hydrogen-bond acceptors (Lipinski definition) is 2. The van der Waals surface area contributed by atoms with Crippen molar-refractivity contribution in [2.24, 2.45) is 23.7 Å². The summed E-state index contributed by atoms with van der Waals surface area (Å²) in [5.74, 6) is 3.18. The highest BCUT2D eigenvalue weighted by Gasteiger charge is 2.34. The third kappa shape index (κ3) is 3.08. The average Bonchev–Trinajstić information content (AvgIpc) is 2.77. The molecule has 0 aromatic heterocycles. The van der Waals surface area contributed by atoms with Gasteiger partial charge in [-0.05, 0) is 62.9 Å². The first kappa shape index (κ1) is 12.1. The molecule has 92 valence electrons. The number of allylic oxidation sites excluding steroid dienone is 2. The molecule has 16 heavy (non-hydrogen) atoms. The monoisotopic (exact) mass is 223 g/mol. The van der Waals surface area contributed by atoms with Gasteiger partial charge in [-0.15, -0.1) is 0 Å². The van der Waals surface area contributed by atoms with Crippen molar-refractivity contribution in [1.29, 1.82) is 0 Å². The van der Waals surface area contributed by atoms with Crippen LogP contribution in [-0.4, -0.2) is 24.3 Å². The fourth-order valence-electron chi connectivity index (χ4n) is 3.31. The van der Waals surface area contributed by atoms with Gasteiger partial charge in [0.15, 0.2) is 0 Å². The Balaban J connectivity index is 1.60. The van der Waals surface area contributed by atoms with Crippen LogP contribution in [0.3, 0.4) is 0 Å². The lowest BCUT2D eigenvalue weighted by Crippen LogP contribution is -2.30. The molecular weight excluding hydrogens is 198 g/mol. The van der Waals surface area contributed by atoms with E-state index in [1.54, 1.807) is 0 Å². The summed E-state index contributed by atoms with van der Waals surface area (Å²) in [6.07, 6.45) is 8.34. The second-order valence-corrected chi connectivity index (χ2v) is 5.89. The molecule has 0 heterocycles. The van der Waals surface area contributed by atoms with Gasteiger partial charge in [-0.25, -0.2) is 0 Å². The van der Waals surface area contributed by atoms with Crippen molar-refractivity contribution in [2.45, 2.75) is 39.2 Å². The number of fused-ring (bicyclic) bond motifs is 2. The topological polar surface area (TPSA) is 32.3 Å². The summed E-state index contributed by atoms with van der Waals surface area (Å²) in [6.45, 7) is 6.29. The van der Waals surface area contributed by atoms with Crippen LogP contribution < -0.4 is 5.32 Å². The van der Waals surface area contributed by atoms with Gasteiger partial charge in [0.2, 0.25) is 0 Å². The second-order valence-electron chi connectivity index (χ2n) is 5.89. The van der Waals surface area contributed by atoms with E-state index in [-0.39, 0.29) is 6.10 Å². The summed E-state index contributed by atoms with van der Waals surface area (Å²) < 4.78 is 0. The van der Waals surface area contributed by atoms with E-state index in [4.69, 9.17) is 0 Å². The summed E-state index contributed by atoms with van der Waals surface area (Å²) in [6, 6.07) is 0. The minimum Gasteiger partial charge on any atom is -0.393 e. The normalized spacial score (nSPS) is 35.6. The first-order valence-corrected chi connectivity index (χ1v) is 6.72. The van der Waals surface area contributed by atoms with Gasteiger partial charge in [-0.2, -0.15) is 0 Å². The molecule has 5 unspecified atom stereocenters. The van der Waals surface area contributed by atoms with Crippen molar-refractivity contribution < 1.29 is 5.11 Å². The standard InChI is InChI=1S/C14H25NO/c1-10(5-11(2)16)8-15-9-14-7-12-3-4-13(14)6-12/h3-4,10-16H,5-9H2,1-2H3. The van der Waals surface area contributed by atoms with Crippen LogP contribution >= 0.6 is 0 Å². The molecule has 0 saturated heterocycles. The van der Waals surface area contributed by atoms with Crippen LogP contribution in [0.1, 0.15) is 33.1 Å². The van der Waals surface area contributed by atoms with E-state index in [2.05, 4.69) is 24.4 Å². The van der Waals surface area contributed by atoms with Gasteiger partial charge in [0.1, 0.15) is 0 Å². The van der Waals surface area contributed by atoms with E-state index < -0.39 is 0 Å². The molecular formula is C14H25NO. The van der Waals surface area contributed by atoms with E-state index in [0.717, 1.165) is 37.3 Å². The first-order chi connectivity index (χ1) is 7.65. The average molecular weight is 223 g/mol. The first-order valence-electron chi connectivity index (χ1n) is 6.72. The Hall–Kier alpha value is -0.340. The SMILES string of the molecule is CC(O)CC(C)CNCC1CC2C=CC1C2. The van der Waals surface area contributed by atoms with Gasteiger partial charge in [0, 0.05) is 0 Å². The Morgan fingerprint density at radius 1 is 1.31 bits per heavy atom. The van der Waals surface area contributed by atoms with Crippen molar-refractivity contribution in [1.82, 2.24) is 5.32 Å². The number of rotatable bonds is 6. The van der Waals surface area contributed by atoms with Crippen LogP contribution in [0, 0.1) is 23.7 Å². The number of hydrogen-bond donors (Lipinski definition) is 2.